The summed E-state index contributed by atoms with van der Waals surface area (Å²) in [6.07, 6.45) is 3.10. The number of rotatable bonds is 4. The zero-order valence-corrected chi connectivity index (χ0v) is 14.7. The first kappa shape index (κ1) is 16.7. The number of hydrogen-bond acceptors (Lipinski definition) is 3. The molecule has 0 saturated heterocycles. The Bertz CT molecular complexity index is 874. The van der Waals surface area contributed by atoms with Crippen LogP contribution in [0.1, 0.15) is 39.5 Å². The molecule has 126 valence electrons. The molecule has 0 bridgehead atoms. The molecule has 0 N–H and O–H groups in total. The number of hydrogen-bond donors (Lipinski definition) is 0. The Morgan fingerprint density at radius 2 is 1.92 bits per heavy atom. The Kier molecular flexibility index (Phi) is 4.45. The van der Waals surface area contributed by atoms with E-state index in [1.165, 1.54) is 17.4 Å². The van der Waals surface area contributed by atoms with E-state index in [1.54, 1.807) is 29.2 Å². The highest BCUT2D eigenvalue weighted by molar-refractivity contribution is 7.89. The van der Waals surface area contributed by atoms with Gasteiger partial charge in [-0.25, -0.2) is 8.42 Å². The number of benzene rings is 2. The molecule has 5 heteroatoms. The van der Waals surface area contributed by atoms with Crippen molar-refractivity contribution >= 4 is 15.7 Å². The van der Waals surface area contributed by atoms with Crippen LogP contribution in [0.2, 0.25) is 0 Å². The number of carbonyl (C=O) groups excluding carboxylic acids is 1. The van der Waals surface area contributed by atoms with Crippen LogP contribution in [0.4, 0.5) is 0 Å². The molecule has 1 aliphatic rings. The van der Waals surface area contributed by atoms with E-state index in [9.17, 15) is 13.2 Å². The summed E-state index contributed by atoms with van der Waals surface area (Å²) in [5.41, 5.74) is 3.68. The van der Waals surface area contributed by atoms with Crippen LogP contribution < -0.4 is 0 Å². The van der Waals surface area contributed by atoms with Gasteiger partial charge in [0.25, 0.3) is 5.91 Å². The molecule has 0 heterocycles. The number of amides is 1. The van der Waals surface area contributed by atoms with Crippen LogP contribution in [0.5, 0.6) is 0 Å². The van der Waals surface area contributed by atoms with E-state index in [-0.39, 0.29) is 17.7 Å². The summed E-state index contributed by atoms with van der Waals surface area (Å²) in [5, 5.41) is 0. The van der Waals surface area contributed by atoms with Gasteiger partial charge in [-0.05, 0) is 41.7 Å². The van der Waals surface area contributed by atoms with Crippen LogP contribution >= 0.6 is 0 Å². The standard InChI is InChI=1S/C19H21NO3S/c1-20(18-11-10-15-7-3-4-9-17(15)18)19(21)16-8-5-6-14(12-16)13-24(2,22)23/h3-9,12,18H,10-11,13H2,1-2H3. The fraction of sp³-hybridized carbons (Fsp3) is 0.316. The summed E-state index contributed by atoms with van der Waals surface area (Å²) in [6, 6.07) is 15.2. The molecule has 3 rings (SSSR count). The van der Waals surface area contributed by atoms with Crippen LogP contribution in [0.15, 0.2) is 48.5 Å². The molecule has 0 aliphatic heterocycles. The van der Waals surface area contributed by atoms with Crippen LogP contribution in [0.25, 0.3) is 0 Å². The lowest BCUT2D eigenvalue weighted by molar-refractivity contribution is 0.0730. The molecule has 1 unspecified atom stereocenters. The Labute approximate surface area is 143 Å². The van der Waals surface area contributed by atoms with Crippen LogP contribution in [0, 0.1) is 0 Å². The average Bonchev–Trinajstić information content (AvgIpc) is 2.96. The zero-order chi connectivity index (χ0) is 17.3. The number of fused-ring (bicyclic) bond motifs is 1. The highest BCUT2D eigenvalue weighted by Gasteiger charge is 2.28. The van der Waals surface area contributed by atoms with Crippen LogP contribution in [-0.4, -0.2) is 32.5 Å². The molecule has 0 saturated carbocycles. The maximum absolute atomic E-state index is 12.8. The van der Waals surface area contributed by atoms with Gasteiger partial charge in [0.05, 0.1) is 11.8 Å². The highest BCUT2D eigenvalue weighted by atomic mass is 32.2. The first-order valence-electron chi connectivity index (χ1n) is 7.97. The van der Waals surface area contributed by atoms with Crippen LogP contribution in [-0.2, 0) is 22.0 Å². The van der Waals surface area contributed by atoms with Crippen molar-refractivity contribution < 1.29 is 13.2 Å². The third kappa shape index (κ3) is 3.51. The quantitative estimate of drug-likeness (QED) is 0.857. The summed E-state index contributed by atoms with van der Waals surface area (Å²) < 4.78 is 22.9. The topological polar surface area (TPSA) is 54.5 Å². The number of carbonyl (C=O) groups is 1. The molecule has 0 aromatic heterocycles. The second-order valence-corrected chi connectivity index (χ2v) is 8.58. The van der Waals surface area contributed by atoms with E-state index >= 15 is 0 Å². The molecule has 4 nitrogen and oxygen atoms in total. The minimum absolute atomic E-state index is 0.0515. The molecule has 2 aromatic rings. The van der Waals surface area contributed by atoms with Crippen molar-refractivity contribution in [2.24, 2.45) is 0 Å². The van der Waals surface area contributed by atoms with Crippen molar-refractivity contribution in [3.05, 3.63) is 70.8 Å². The van der Waals surface area contributed by atoms with E-state index in [1.807, 2.05) is 19.2 Å². The van der Waals surface area contributed by atoms with Gasteiger partial charge in [0.1, 0.15) is 0 Å². The summed E-state index contributed by atoms with van der Waals surface area (Å²) in [4.78, 5) is 14.6. The summed E-state index contributed by atoms with van der Waals surface area (Å²) in [5.74, 6) is -0.128. The van der Waals surface area contributed by atoms with Gasteiger partial charge < -0.3 is 4.90 Å². The van der Waals surface area contributed by atoms with Crippen molar-refractivity contribution in [1.82, 2.24) is 4.90 Å². The molecule has 1 atom stereocenters. The van der Waals surface area contributed by atoms with E-state index in [2.05, 4.69) is 12.1 Å². The molecule has 1 amide bonds. The fourth-order valence-corrected chi connectivity index (χ4v) is 4.16. The third-order valence-corrected chi connectivity index (χ3v) is 5.35. The average molecular weight is 343 g/mol. The van der Waals surface area contributed by atoms with Gasteiger partial charge in [0.15, 0.2) is 9.84 Å². The SMILES string of the molecule is CN(C(=O)c1cccc(CS(C)(=O)=O)c1)C1CCc2ccccc21. The van der Waals surface area contributed by atoms with Crippen molar-refractivity contribution in [2.75, 3.05) is 13.3 Å². The molecule has 1 aliphatic carbocycles. The molecule has 24 heavy (non-hydrogen) atoms. The Hall–Kier alpha value is -2.14. The highest BCUT2D eigenvalue weighted by Crippen LogP contribution is 2.35. The van der Waals surface area contributed by atoms with Gasteiger partial charge in [0.2, 0.25) is 0 Å². The predicted molar refractivity (Wildman–Crippen MR) is 94.6 cm³/mol. The molecule has 0 fully saturated rings. The van der Waals surface area contributed by atoms with Crippen molar-refractivity contribution in [3.8, 4) is 0 Å². The van der Waals surface area contributed by atoms with Gasteiger partial charge in [-0.1, -0.05) is 36.4 Å². The lowest BCUT2D eigenvalue weighted by Crippen LogP contribution is -2.30. The van der Waals surface area contributed by atoms with E-state index < -0.39 is 9.84 Å². The number of sulfone groups is 1. The lowest BCUT2D eigenvalue weighted by Gasteiger charge is -2.25. The monoisotopic (exact) mass is 343 g/mol. The maximum atomic E-state index is 12.8. The largest absolute Gasteiger partial charge is 0.335 e. The second-order valence-electron chi connectivity index (χ2n) is 6.44. The Balaban J connectivity index is 1.83. The van der Waals surface area contributed by atoms with Crippen LogP contribution in [0.3, 0.4) is 0 Å². The first-order valence-corrected chi connectivity index (χ1v) is 10.0. The number of aryl methyl sites for hydroxylation is 1. The fourth-order valence-electron chi connectivity index (χ4n) is 3.38. The normalized spacial score (nSPS) is 16.7. The zero-order valence-electron chi connectivity index (χ0n) is 13.9. The van der Waals surface area contributed by atoms with Gasteiger partial charge in [-0.15, -0.1) is 0 Å². The predicted octanol–water partition coefficient (Wildman–Crippen LogP) is 2.99. The van der Waals surface area contributed by atoms with Gasteiger partial charge in [-0.3, -0.25) is 4.79 Å². The first-order chi connectivity index (χ1) is 11.3. The maximum Gasteiger partial charge on any atom is 0.254 e. The molecular formula is C19H21NO3S. The second kappa shape index (κ2) is 6.40. The van der Waals surface area contributed by atoms with Gasteiger partial charge >= 0.3 is 0 Å². The van der Waals surface area contributed by atoms with E-state index in [0.29, 0.717) is 11.1 Å². The summed E-state index contributed by atoms with van der Waals surface area (Å²) >= 11 is 0. The van der Waals surface area contributed by atoms with Crippen molar-refractivity contribution in [1.29, 1.82) is 0 Å². The number of nitrogens with zero attached hydrogens (tertiary/aromatic N) is 1. The molecule has 0 spiro atoms. The molecule has 0 radical (unpaired) electrons. The van der Waals surface area contributed by atoms with E-state index in [0.717, 1.165) is 12.8 Å². The lowest BCUT2D eigenvalue weighted by atomic mass is 10.1. The van der Waals surface area contributed by atoms with Crippen molar-refractivity contribution in [2.45, 2.75) is 24.6 Å². The molecular weight excluding hydrogens is 322 g/mol. The van der Waals surface area contributed by atoms with Crippen molar-refractivity contribution in [3.63, 3.8) is 0 Å². The van der Waals surface area contributed by atoms with E-state index in [4.69, 9.17) is 0 Å². The smallest absolute Gasteiger partial charge is 0.254 e. The third-order valence-electron chi connectivity index (χ3n) is 4.49. The Morgan fingerprint density at radius 3 is 2.67 bits per heavy atom. The Morgan fingerprint density at radius 1 is 1.17 bits per heavy atom. The van der Waals surface area contributed by atoms with Gasteiger partial charge in [0, 0.05) is 18.9 Å². The summed E-state index contributed by atoms with van der Waals surface area (Å²) in [6.45, 7) is 0. The summed E-state index contributed by atoms with van der Waals surface area (Å²) in [7, 11) is -1.30. The van der Waals surface area contributed by atoms with Gasteiger partial charge in [-0.2, -0.15) is 0 Å². The molecule has 2 aromatic carbocycles. The minimum Gasteiger partial charge on any atom is -0.335 e. The minimum atomic E-state index is -3.12.